The molecule has 84 valence electrons. The summed E-state index contributed by atoms with van der Waals surface area (Å²) in [5, 5.41) is 14.8. The first kappa shape index (κ1) is 10.6. The van der Waals surface area contributed by atoms with Gasteiger partial charge in [0.15, 0.2) is 0 Å². The molecule has 0 aromatic carbocycles. The molecule has 0 aliphatic heterocycles. The van der Waals surface area contributed by atoms with Gasteiger partial charge in [0, 0.05) is 17.0 Å². The van der Waals surface area contributed by atoms with E-state index in [9.17, 15) is 10.1 Å². The molecule has 2 aromatic rings. The first-order valence-corrected chi connectivity index (χ1v) is 5.41. The average molecular weight is 238 g/mol. The van der Waals surface area contributed by atoms with Crippen LogP contribution in [0.15, 0.2) is 18.2 Å². The topological polar surface area (TPSA) is 87.0 Å². The maximum atomic E-state index is 10.5. The molecule has 2 rings (SSSR count). The van der Waals surface area contributed by atoms with Crippen molar-refractivity contribution >= 4 is 22.2 Å². The molecule has 0 unspecified atom stereocenters. The number of hydrogen-bond donors (Lipinski definition) is 1. The second kappa shape index (κ2) is 3.93. The summed E-state index contributed by atoms with van der Waals surface area (Å²) in [6.07, 6.45) is 0. The van der Waals surface area contributed by atoms with Crippen molar-refractivity contribution in [3.05, 3.63) is 38.9 Å². The van der Waals surface area contributed by atoms with Crippen molar-refractivity contribution in [1.82, 2.24) is 9.78 Å². The number of nitrogens with two attached hydrogens (primary N) is 1. The minimum absolute atomic E-state index is 0.137. The molecule has 0 amide bonds. The molecule has 16 heavy (non-hydrogen) atoms. The number of rotatable bonds is 3. The maximum Gasteiger partial charge on any atom is 0.324 e. The van der Waals surface area contributed by atoms with Crippen LogP contribution in [0.5, 0.6) is 0 Å². The van der Waals surface area contributed by atoms with Gasteiger partial charge in [-0.2, -0.15) is 5.10 Å². The van der Waals surface area contributed by atoms with Crippen molar-refractivity contribution < 1.29 is 4.92 Å². The SMILES string of the molecule is Cc1cc(N)n(Cc2ccc([N+](=O)[O-])s2)n1. The van der Waals surface area contributed by atoms with Crippen LogP contribution < -0.4 is 5.73 Å². The Hall–Kier alpha value is -1.89. The molecular weight excluding hydrogens is 228 g/mol. The summed E-state index contributed by atoms with van der Waals surface area (Å²) < 4.78 is 1.63. The summed E-state index contributed by atoms with van der Waals surface area (Å²) in [4.78, 5) is 11.0. The van der Waals surface area contributed by atoms with E-state index in [2.05, 4.69) is 5.10 Å². The number of anilines is 1. The standard InChI is InChI=1S/C9H10N4O2S/c1-6-4-8(10)12(11-6)5-7-2-3-9(16-7)13(14)15/h2-4H,5,10H2,1H3. The van der Waals surface area contributed by atoms with Crippen LogP contribution in [0.4, 0.5) is 10.8 Å². The summed E-state index contributed by atoms with van der Waals surface area (Å²) in [6, 6.07) is 4.98. The van der Waals surface area contributed by atoms with Gasteiger partial charge < -0.3 is 5.73 Å². The van der Waals surface area contributed by atoms with Gasteiger partial charge in [-0.25, -0.2) is 4.68 Å². The first-order valence-electron chi connectivity index (χ1n) is 4.59. The Kier molecular flexibility index (Phi) is 2.61. The van der Waals surface area contributed by atoms with Crippen LogP contribution >= 0.6 is 11.3 Å². The van der Waals surface area contributed by atoms with Crippen molar-refractivity contribution in [2.75, 3.05) is 5.73 Å². The van der Waals surface area contributed by atoms with Crippen LogP contribution in [0, 0.1) is 17.0 Å². The molecule has 2 aromatic heterocycles. The number of thiophene rings is 1. The van der Waals surface area contributed by atoms with Crippen molar-refractivity contribution in [2.24, 2.45) is 0 Å². The third-order valence-electron chi connectivity index (χ3n) is 2.07. The predicted molar refractivity (Wildman–Crippen MR) is 61.5 cm³/mol. The second-order valence-electron chi connectivity index (χ2n) is 3.37. The van der Waals surface area contributed by atoms with Gasteiger partial charge in [0.25, 0.3) is 0 Å². The smallest absolute Gasteiger partial charge is 0.324 e. The van der Waals surface area contributed by atoms with Crippen LogP contribution in [0.1, 0.15) is 10.6 Å². The summed E-state index contributed by atoms with van der Waals surface area (Å²) in [6.45, 7) is 2.32. The van der Waals surface area contributed by atoms with E-state index in [1.807, 2.05) is 6.92 Å². The molecule has 0 spiro atoms. The van der Waals surface area contributed by atoms with E-state index >= 15 is 0 Å². The van der Waals surface area contributed by atoms with Crippen molar-refractivity contribution in [1.29, 1.82) is 0 Å². The van der Waals surface area contributed by atoms with Crippen LogP contribution in [-0.2, 0) is 6.54 Å². The molecule has 0 aliphatic rings. The van der Waals surface area contributed by atoms with E-state index in [-0.39, 0.29) is 5.00 Å². The second-order valence-corrected chi connectivity index (χ2v) is 4.51. The monoisotopic (exact) mass is 238 g/mol. The van der Waals surface area contributed by atoms with Gasteiger partial charge in [-0.15, -0.1) is 0 Å². The van der Waals surface area contributed by atoms with Crippen molar-refractivity contribution in [2.45, 2.75) is 13.5 Å². The third-order valence-corrected chi connectivity index (χ3v) is 3.09. The fourth-order valence-electron chi connectivity index (χ4n) is 1.39. The number of aromatic nitrogens is 2. The largest absolute Gasteiger partial charge is 0.384 e. The highest BCUT2D eigenvalue weighted by Crippen LogP contribution is 2.25. The van der Waals surface area contributed by atoms with Crippen molar-refractivity contribution in [3.63, 3.8) is 0 Å². The number of nitrogens with zero attached hydrogens (tertiary/aromatic N) is 3. The molecule has 2 heterocycles. The zero-order chi connectivity index (χ0) is 11.7. The van der Waals surface area contributed by atoms with E-state index in [0.29, 0.717) is 12.4 Å². The quantitative estimate of drug-likeness (QED) is 0.652. The lowest BCUT2D eigenvalue weighted by Gasteiger charge is -2.00. The molecule has 0 atom stereocenters. The van der Waals surface area contributed by atoms with Crippen LogP contribution in [0.25, 0.3) is 0 Å². The van der Waals surface area contributed by atoms with Gasteiger partial charge in [0.05, 0.1) is 17.2 Å². The maximum absolute atomic E-state index is 10.5. The Morgan fingerprint density at radius 2 is 2.38 bits per heavy atom. The summed E-state index contributed by atoms with van der Waals surface area (Å²) >= 11 is 1.14. The Morgan fingerprint density at radius 3 is 2.88 bits per heavy atom. The normalized spacial score (nSPS) is 10.6. The number of aryl methyl sites for hydroxylation is 1. The fourth-order valence-corrected chi connectivity index (χ4v) is 2.19. The highest BCUT2D eigenvalue weighted by atomic mass is 32.1. The first-order chi connectivity index (χ1) is 7.56. The lowest BCUT2D eigenvalue weighted by atomic mass is 10.4. The van der Waals surface area contributed by atoms with Crippen LogP contribution in [0.3, 0.4) is 0 Å². The molecule has 7 heteroatoms. The molecule has 0 bridgehead atoms. The fraction of sp³-hybridized carbons (Fsp3) is 0.222. The highest BCUT2D eigenvalue weighted by Gasteiger charge is 2.11. The zero-order valence-electron chi connectivity index (χ0n) is 8.58. The van der Waals surface area contributed by atoms with E-state index in [1.165, 1.54) is 6.07 Å². The van der Waals surface area contributed by atoms with E-state index in [4.69, 9.17) is 5.73 Å². The molecule has 0 saturated carbocycles. The Balaban J connectivity index is 2.20. The van der Waals surface area contributed by atoms with Gasteiger partial charge >= 0.3 is 5.00 Å². The van der Waals surface area contributed by atoms with Crippen LogP contribution in [0.2, 0.25) is 0 Å². The zero-order valence-corrected chi connectivity index (χ0v) is 9.40. The van der Waals surface area contributed by atoms with E-state index in [0.717, 1.165) is 21.9 Å². The molecule has 0 fully saturated rings. The Labute approximate surface area is 95.5 Å². The molecule has 0 aliphatic carbocycles. The Bertz CT molecular complexity index is 531. The number of nitro groups is 1. The number of nitrogen functional groups attached to an aromatic ring is 1. The lowest BCUT2D eigenvalue weighted by Crippen LogP contribution is -2.04. The van der Waals surface area contributed by atoms with Gasteiger partial charge in [-0.1, -0.05) is 11.3 Å². The molecule has 0 radical (unpaired) electrons. The third kappa shape index (κ3) is 2.03. The molecule has 0 saturated heterocycles. The number of hydrogen-bond acceptors (Lipinski definition) is 5. The Morgan fingerprint density at radius 1 is 1.62 bits per heavy atom. The lowest BCUT2D eigenvalue weighted by molar-refractivity contribution is -0.380. The van der Waals surface area contributed by atoms with Crippen LogP contribution in [-0.4, -0.2) is 14.7 Å². The minimum atomic E-state index is -0.397. The average Bonchev–Trinajstić information content (AvgIpc) is 2.75. The predicted octanol–water partition coefficient (Wildman–Crippen LogP) is 1.79. The highest BCUT2D eigenvalue weighted by molar-refractivity contribution is 7.15. The van der Waals surface area contributed by atoms with Gasteiger partial charge in [-0.3, -0.25) is 10.1 Å². The molecule has 2 N–H and O–H groups in total. The van der Waals surface area contributed by atoms with Gasteiger partial charge in [0.2, 0.25) is 0 Å². The van der Waals surface area contributed by atoms with Gasteiger partial charge in [-0.05, 0) is 13.0 Å². The molecule has 6 nitrogen and oxygen atoms in total. The van der Waals surface area contributed by atoms with E-state index < -0.39 is 4.92 Å². The summed E-state index contributed by atoms with van der Waals surface area (Å²) in [5.41, 5.74) is 6.56. The van der Waals surface area contributed by atoms with E-state index in [1.54, 1.807) is 16.8 Å². The molecular formula is C9H10N4O2S. The van der Waals surface area contributed by atoms with Crippen molar-refractivity contribution in [3.8, 4) is 0 Å². The summed E-state index contributed by atoms with van der Waals surface area (Å²) in [7, 11) is 0. The minimum Gasteiger partial charge on any atom is -0.384 e. The van der Waals surface area contributed by atoms with Gasteiger partial charge in [0.1, 0.15) is 5.82 Å². The summed E-state index contributed by atoms with van der Waals surface area (Å²) in [5.74, 6) is 0.563.